The van der Waals surface area contributed by atoms with Crippen LogP contribution in [0.2, 0.25) is 0 Å². The van der Waals surface area contributed by atoms with Crippen LogP contribution in [0.3, 0.4) is 0 Å². The van der Waals surface area contributed by atoms with Crippen molar-refractivity contribution in [2.24, 2.45) is 0 Å². The summed E-state index contributed by atoms with van der Waals surface area (Å²) in [4.78, 5) is 7.39. The monoisotopic (exact) mass is 279 g/mol. The molecule has 0 spiro atoms. The summed E-state index contributed by atoms with van der Waals surface area (Å²) < 4.78 is 0. The summed E-state index contributed by atoms with van der Waals surface area (Å²) >= 11 is 1.81. The van der Waals surface area contributed by atoms with E-state index in [1.807, 2.05) is 11.3 Å². The zero-order valence-electron chi connectivity index (χ0n) is 11.9. The van der Waals surface area contributed by atoms with E-state index in [9.17, 15) is 0 Å². The van der Waals surface area contributed by atoms with E-state index < -0.39 is 0 Å². The van der Waals surface area contributed by atoms with E-state index in [-0.39, 0.29) is 0 Å². The molecule has 2 saturated carbocycles. The Morgan fingerprint density at radius 3 is 2.79 bits per heavy atom. The molecule has 106 valence electrons. The SMILES string of the molecule is CCN(Cc1csc(CNC2CC2)n1)C1CCCC1. The molecule has 0 atom stereocenters. The van der Waals surface area contributed by atoms with Crippen LogP contribution in [-0.2, 0) is 13.1 Å². The lowest BCUT2D eigenvalue weighted by atomic mass is 10.2. The highest BCUT2D eigenvalue weighted by molar-refractivity contribution is 7.09. The molecule has 1 aromatic rings. The van der Waals surface area contributed by atoms with Crippen LogP contribution in [0, 0.1) is 0 Å². The van der Waals surface area contributed by atoms with E-state index in [0.29, 0.717) is 0 Å². The topological polar surface area (TPSA) is 28.2 Å². The Hall–Kier alpha value is -0.450. The van der Waals surface area contributed by atoms with Gasteiger partial charge in [-0.1, -0.05) is 19.8 Å². The lowest BCUT2D eigenvalue weighted by molar-refractivity contribution is 0.198. The average molecular weight is 279 g/mol. The fourth-order valence-corrected chi connectivity index (χ4v) is 3.73. The van der Waals surface area contributed by atoms with Crippen molar-refractivity contribution in [2.75, 3.05) is 6.54 Å². The highest BCUT2D eigenvalue weighted by Gasteiger charge is 2.23. The second kappa shape index (κ2) is 6.33. The molecule has 0 unspecified atom stereocenters. The van der Waals surface area contributed by atoms with Crippen LogP contribution in [0.1, 0.15) is 56.2 Å². The third-order valence-electron chi connectivity index (χ3n) is 4.33. The van der Waals surface area contributed by atoms with Crippen LogP contribution >= 0.6 is 11.3 Å². The van der Waals surface area contributed by atoms with E-state index in [0.717, 1.165) is 31.7 Å². The van der Waals surface area contributed by atoms with Crippen LogP contribution in [0.4, 0.5) is 0 Å². The van der Waals surface area contributed by atoms with Gasteiger partial charge in [0.1, 0.15) is 5.01 Å². The van der Waals surface area contributed by atoms with Crippen LogP contribution in [0.15, 0.2) is 5.38 Å². The van der Waals surface area contributed by atoms with Gasteiger partial charge in [0, 0.05) is 30.6 Å². The minimum Gasteiger partial charge on any atom is -0.308 e. The Morgan fingerprint density at radius 2 is 2.11 bits per heavy atom. The van der Waals surface area contributed by atoms with Gasteiger partial charge in [-0.05, 0) is 32.2 Å². The molecule has 1 N–H and O–H groups in total. The van der Waals surface area contributed by atoms with Crippen molar-refractivity contribution in [1.29, 1.82) is 0 Å². The highest BCUT2D eigenvalue weighted by Crippen LogP contribution is 2.25. The maximum Gasteiger partial charge on any atom is 0.107 e. The van der Waals surface area contributed by atoms with Gasteiger partial charge in [-0.3, -0.25) is 4.90 Å². The summed E-state index contributed by atoms with van der Waals surface area (Å²) in [5.41, 5.74) is 1.27. The van der Waals surface area contributed by atoms with E-state index in [1.54, 1.807) is 0 Å². The van der Waals surface area contributed by atoms with Gasteiger partial charge in [-0.25, -0.2) is 4.98 Å². The van der Waals surface area contributed by atoms with Crippen molar-refractivity contribution in [3.63, 3.8) is 0 Å². The molecule has 0 amide bonds. The molecule has 2 fully saturated rings. The summed E-state index contributed by atoms with van der Waals surface area (Å²) in [5.74, 6) is 0. The first kappa shape index (κ1) is 13.5. The zero-order chi connectivity index (χ0) is 13.1. The third kappa shape index (κ3) is 3.77. The van der Waals surface area contributed by atoms with Gasteiger partial charge in [-0.2, -0.15) is 0 Å². The smallest absolute Gasteiger partial charge is 0.107 e. The fraction of sp³-hybridized carbons (Fsp3) is 0.800. The zero-order valence-corrected chi connectivity index (χ0v) is 12.7. The molecule has 3 nitrogen and oxygen atoms in total. The van der Waals surface area contributed by atoms with Gasteiger partial charge in [-0.15, -0.1) is 11.3 Å². The highest BCUT2D eigenvalue weighted by atomic mass is 32.1. The first-order valence-electron chi connectivity index (χ1n) is 7.76. The Labute approximate surface area is 120 Å². The molecule has 0 aromatic carbocycles. The summed E-state index contributed by atoms with van der Waals surface area (Å²) in [7, 11) is 0. The molecule has 0 radical (unpaired) electrons. The van der Waals surface area contributed by atoms with Crippen molar-refractivity contribution >= 4 is 11.3 Å². The van der Waals surface area contributed by atoms with Crippen molar-refractivity contribution in [3.8, 4) is 0 Å². The van der Waals surface area contributed by atoms with Gasteiger partial charge >= 0.3 is 0 Å². The Balaban J connectivity index is 1.52. The Morgan fingerprint density at radius 1 is 1.32 bits per heavy atom. The largest absolute Gasteiger partial charge is 0.308 e. The second-order valence-electron chi connectivity index (χ2n) is 5.89. The van der Waals surface area contributed by atoms with Crippen LogP contribution in [0.5, 0.6) is 0 Å². The van der Waals surface area contributed by atoms with Crippen molar-refractivity contribution in [3.05, 3.63) is 16.1 Å². The van der Waals surface area contributed by atoms with Crippen LogP contribution in [-0.4, -0.2) is 28.5 Å². The van der Waals surface area contributed by atoms with Gasteiger partial charge in [0.2, 0.25) is 0 Å². The average Bonchev–Trinajstić information content (AvgIpc) is 2.93. The molecule has 0 bridgehead atoms. The maximum absolute atomic E-state index is 4.78. The predicted molar refractivity (Wildman–Crippen MR) is 80.3 cm³/mol. The molecular formula is C15H25N3S. The minimum atomic E-state index is 0.776. The summed E-state index contributed by atoms with van der Waals surface area (Å²) in [6, 6.07) is 1.58. The molecule has 1 aromatic heterocycles. The summed E-state index contributed by atoms with van der Waals surface area (Å²) in [6.07, 6.45) is 8.29. The summed E-state index contributed by atoms with van der Waals surface area (Å²) in [6.45, 7) is 5.43. The van der Waals surface area contributed by atoms with E-state index >= 15 is 0 Å². The number of rotatable bonds is 7. The number of hydrogen-bond donors (Lipinski definition) is 1. The third-order valence-corrected chi connectivity index (χ3v) is 5.23. The van der Waals surface area contributed by atoms with Crippen LogP contribution in [0.25, 0.3) is 0 Å². The second-order valence-corrected chi connectivity index (χ2v) is 6.83. The van der Waals surface area contributed by atoms with Gasteiger partial charge < -0.3 is 5.32 Å². The lowest BCUT2D eigenvalue weighted by Crippen LogP contribution is -2.32. The number of nitrogens with one attached hydrogen (secondary N) is 1. The Bertz CT molecular complexity index is 394. The van der Waals surface area contributed by atoms with E-state index in [2.05, 4.69) is 22.5 Å². The first-order valence-corrected chi connectivity index (χ1v) is 8.64. The number of hydrogen-bond acceptors (Lipinski definition) is 4. The van der Waals surface area contributed by atoms with Gasteiger partial charge in [0.25, 0.3) is 0 Å². The number of nitrogens with zero attached hydrogens (tertiary/aromatic N) is 2. The molecule has 1 heterocycles. The van der Waals surface area contributed by atoms with Crippen molar-refractivity contribution in [2.45, 2.75) is 70.6 Å². The quantitative estimate of drug-likeness (QED) is 0.831. The fourth-order valence-electron chi connectivity index (χ4n) is 3.00. The van der Waals surface area contributed by atoms with Gasteiger partial charge in [0.05, 0.1) is 5.69 Å². The standard InChI is InChI=1S/C15H25N3S/c1-2-18(14-5-3-4-6-14)10-13-11-19-15(17-13)9-16-12-7-8-12/h11-12,14,16H,2-10H2,1H3. The van der Waals surface area contributed by atoms with E-state index in [1.165, 1.54) is 49.2 Å². The molecule has 2 aliphatic carbocycles. The van der Waals surface area contributed by atoms with Crippen molar-refractivity contribution in [1.82, 2.24) is 15.2 Å². The lowest BCUT2D eigenvalue weighted by Gasteiger charge is -2.26. The molecule has 0 aliphatic heterocycles. The first-order chi connectivity index (χ1) is 9.35. The number of aromatic nitrogens is 1. The normalized spacial score (nSPS) is 20.5. The van der Waals surface area contributed by atoms with E-state index in [4.69, 9.17) is 4.98 Å². The predicted octanol–water partition coefficient (Wildman–Crippen LogP) is 3.16. The molecule has 0 saturated heterocycles. The van der Waals surface area contributed by atoms with Crippen LogP contribution < -0.4 is 5.32 Å². The summed E-state index contributed by atoms with van der Waals surface area (Å²) in [5, 5.41) is 7.05. The molecular weight excluding hydrogens is 254 g/mol. The minimum absolute atomic E-state index is 0.776. The number of thiazole rings is 1. The molecule has 2 aliphatic rings. The molecule has 4 heteroatoms. The Kier molecular flexibility index (Phi) is 4.51. The van der Waals surface area contributed by atoms with Gasteiger partial charge in [0.15, 0.2) is 0 Å². The molecule has 19 heavy (non-hydrogen) atoms. The maximum atomic E-state index is 4.78. The molecule has 3 rings (SSSR count). The van der Waals surface area contributed by atoms with Crippen molar-refractivity contribution < 1.29 is 0 Å².